The third-order valence-corrected chi connectivity index (χ3v) is 4.72. The lowest BCUT2D eigenvalue weighted by atomic mass is 10.1. The van der Waals surface area contributed by atoms with Crippen molar-refractivity contribution in [2.75, 3.05) is 0 Å². The normalized spacial score (nSPS) is 10.8. The molecule has 0 bridgehead atoms. The monoisotopic (exact) mass is 405 g/mol. The Morgan fingerprint density at radius 3 is 2.52 bits per heavy atom. The van der Waals surface area contributed by atoms with Crippen molar-refractivity contribution >= 4 is 28.5 Å². The summed E-state index contributed by atoms with van der Waals surface area (Å²) >= 11 is 6.28. The lowest BCUT2D eigenvalue weighted by molar-refractivity contribution is -0.134. The summed E-state index contributed by atoms with van der Waals surface area (Å²) < 4.78 is 6.51. The van der Waals surface area contributed by atoms with Gasteiger partial charge in [-0.3, -0.25) is 9.59 Å². The summed E-state index contributed by atoms with van der Waals surface area (Å²) in [7, 11) is 0. The maximum atomic E-state index is 12.4. The van der Waals surface area contributed by atoms with E-state index in [4.69, 9.17) is 16.3 Å². The molecule has 0 aliphatic rings. The van der Waals surface area contributed by atoms with Gasteiger partial charge in [-0.2, -0.15) is 0 Å². The van der Waals surface area contributed by atoms with Crippen LogP contribution in [0.1, 0.15) is 6.42 Å². The molecule has 0 unspecified atom stereocenters. The molecule has 0 atom stereocenters. The number of benzene rings is 3. The summed E-state index contributed by atoms with van der Waals surface area (Å²) in [5.41, 5.74) is 2.16. The SMILES string of the molecule is O=C(CCn1nnc2ccccc2c1=O)Oc1ccc(-c2ccccc2)cc1Cl. The molecule has 0 saturated heterocycles. The van der Waals surface area contributed by atoms with E-state index in [0.29, 0.717) is 15.9 Å². The molecule has 0 fully saturated rings. The number of fused-ring (bicyclic) bond motifs is 1. The van der Waals surface area contributed by atoms with Crippen molar-refractivity contribution in [3.63, 3.8) is 0 Å². The van der Waals surface area contributed by atoms with Crippen LogP contribution in [-0.2, 0) is 11.3 Å². The second-order valence-electron chi connectivity index (χ2n) is 6.37. The van der Waals surface area contributed by atoms with Gasteiger partial charge >= 0.3 is 5.97 Å². The minimum absolute atomic E-state index is 0.0380. The molecule has 4 rings (SSSR count). The highest BCUT2D eigenvalue weighted by molar-refractivity contribution is 6.32. The standard InChI is InChI=1S/C22H16ClN3O3/c23-18-14-16(15-6-2-1-3-7-15)10-11-20(18)29-21(27)12-13-26-22(28)17-8-4-5-9-19(17)24-25-26/h1-11,14H,12-13H2. The Hall–Kier alpha value is -3.51. The first-order valence-electron chi connectivity index (χ1n) is 9.00. The van der Waals surface area contributed by atoms with Gasteiger partial charge in [0.25, 0.3) is 5.56 Å². The van der Waals surface area contributed by atoms with Crippen LogP contribution in [0.25, 0.3) is 22.0 Å². The lowest BCUT2D eigenvalue weighted by Gasteiger charge is -2.09. The Balaban J connectivity index is 1.44. The lowest BCUT2D eigenvalue weighted by Crippen LogP contribution is -2.26. The van der Waals surface area contributed by atoms with E-state index in [0.717, 1.165) is 15.8 Å². The van der Waals surface area contributed by atoms with E-state index >= 15 is 0 Å². The molecule has 4 aromatic rings. The average molecular weight is 406 g/mol. The molecule has 3 aromatic carbocycles. The molecule has 29 heavy (non-hydrogen) atoms. The van der Waals surface area contributed by atoms with Gasteiger partial charge in [-0.05, 0) is 35.4 Å². The number of aryl methyl sites for hydroxylation is 1. The van der Waals surface area contributed by atoms with Crippen LogP contribution in [0, 0.1) is 0 Å². The number of carbonyl (C=O) groups is 1. The highest BCUT2D eigenvalue weighted by Crippen LogP contribution is 2.30. The number of ether oxygens (including phenoxy) is 1. The Morgan fingerprint density at radius 2 is 1.72 bits per heavy atom. The Kier molecular flexibility index (Phi) is 5.35. The molecule has 0 N–H and O–H groups in total. The van der Waals surface area contributed by atoms with Crippen molar-refractivity contribution in [2.45, 2.75) is 13.0 Å². The average Bonchev–Trinajstić information content (AvgIpc) is 2.75. The number of hydrogen-bond acceptors (Lipinski definition) is 5. The van der Waals surface area contributed by atoms with Gasteiger partial charge in [-0.25, -0.2) is 4.68 Å². The second kappa shape index (κ2) is 8.24. The first-order valence-corrected chi connectivity index (χ1v) is 9.38. The maximum absolute atomic E-state index is 12.4. The molecule has 0 amide bonds. The number of esters is 1. The van der Waals surface area contributed by atoms with Crippen LogP contribution < -0.4 is 10.3 Å². The van der Waals surface area contributed by atoms with Gasteiger partial charge in [0.05, 0.1) is 23.4 Å². The number of hydrogen-bond donors (Lipinski definition) is 0. The van der Waals surface area contributed by atoms with E-state index in [1.807, 2.05) is 36.4 Å². The van der Waals surface area contributed by atoms with Crippen LogP contribution in [0.4, 0.5) is 0 Å². The summed E-state index contributed by atoms with van der Waals surface area (Å²) in [5, 5.41) is 8.65. The molecular formula is C22H16ClN3O3. The summed E-state index contributed by atoms with van der Waals surface area (Å²) in [6.45, 7) is 0.0647. The van der Waals surface area contributed by atoms with Gasteiger partial charge in [0.2, 0.25) is 0 Å². The van der Waals surface area contributed by atoms with Gasteiger partial charge in [-0.15, -0.1) is 5.10 Å². The van der Waals surface area contributed by atoms with Gasteiger partial charge in [-0.1, -0.05) is 65.3 Å². The maximum Gasteiger partial charge on any atom is 0.313 e. The quantitative estimate of drug-likeness (QED) is 0.369. The molecule has 0 radical (unpaired) electrons. The smallest absolute Gasteiger partial charge is 0.313 e. The van der Waals surface area contributed by atoms with Crippen molar-refractivity contribution < 1.29 is 9.53 Å². The fourth-order valence-electron chi connectivity index (χ4n) is 2.93. The van der Waals surface area contributed by atoms with Crippen LogP contribution in [0.2, 0.25) is 5.02 Å². The summed E-state index contributed by atoms with van der Waals surface area (Å²) in [6, 6.07) is 21.9. The minimum atomic E-state index is -0.513. The fraction of sp³-hybridized carbons (Fsp3) is 0.0909. The van der Waals surface area contributed by atoms with Crippen LogP contribution in [-0.4, -0.2) is 21.0 Å². The topological polar surface area (TPSA) is 74.1 Å². The highest BCUT2D eigenvalue weighted by atomic mass is 35.5. The van der Waals surface area contributed by atoms with Crippen molar-refractivity contribution in [2.24, 2.45) is 0 Å². The van der Waals surface area contributed by atoms with Crippen LogP contribution in [0.15, 0.2) is 77.6 Å². The number of halogens is 1. The predicted molar refractivity (Wildman–Crippen MR) is 111 cm³/mol. The molecule has 0 saturated carbocycles. The van der Waals surface area contributed by atoms with Gasteiger partial charge in [0, 0.05) is 0 Å². The molecular weight excluding hydrogens is 390 g/mol. The zero-order valence-corrected chi connectivity index (χ0v) is 16.0. The van der Waals surface area contributed by atoms with Gasteiger partial charge in [0.1, 0.15) is 11.3 Å². The van der Waals surface area contributed by atoms with Crippen molar-refractivity contribution in [3.8, 4) is 16.9 Å². The third-order valence-electron chi connectivity index (χ3n) is 4.42. The zero-order valence-electron chi connectivity index (χ0n) is 15.3. The van der Waals surface area contributed by atoms with Gasteiger partial charge in [0.15, 0.2) is 0 Å². The van der Waals surface area contributed by atoms with E-state index < -0.39 is 5.97 Å². The molecule has 1 aromatic heterocycles. The molecule has 144 valence electrons. The van der Waals surface area contributed by atoms with E-state index in [1.165, 1.54) is 0 Å². The first-order chi connectivity index (χ1) is 14.1. The molecule has 0 spiro atoms. The van der Waals surface area contributed by atoms with E-state index in [2.05, 4.69) is 10.3 Å². The highest BCUT2D eigenvalue weighted by Gasteiger charge is 2.12. The largest absolute Gasteiger partial charge is 0.425 e. The number of nitrogens with zero attached hydrogens (tertiary/aromatic N) is 3. The second-order valence-corrected chi connectivity index (χ2v) is 6.78. The zero-order chi connectivity index (χ0) is 20.2. The summed E-state index contributed by atoms with van der Waals surface area (Å²) in [4.78, 5) is 24.6. The third kappa shape index (κ3) is 4.17. The van der Waals surface area contributed by atoms with Crippen molar-refractivity contribution in [3.05, 3.63) is 88.2 Å². The summed E-state index contributed by atoms with van der Waals surface area (Å²) in [5.74, 6) is -0.241. The predicted octanol–water partition coefficient (Wildman–Crippen LogP) is 4.11. The van der Waals surface area contributed by atoms with E-state index in [1.54, 1.807) is 36.4 Å². The van der Waals surface area contributed by atoms with Crippen molar-refractivity contribution in [1.82, 2.24) is 15.0 Å². The number of carbonyl (C=O) groups excluding carboxylic acids is 1. The van der Waals surface area contributed by atoms with Gasteiger partial charge < -0.3 is 4.74 Å². The van der Waals surface area contributed by atoms with Crippen LogP contribution in [0.3, 0.4) is 0 Å². The van der Waals surface area contributed by atoms with Crippen LogP contribution in [0.5, 0.6) is 5.75 Å². The molecule has 1 heterocycles. The molecule has 0 aliphatic carbocycles. The Bertz CT molecular complexity index is 1240. The van der Waals surface area contributed by atoms with Crippen LogP contribution >= 0.6 is 11.6 Å². The molecule has 7 heteroatoms. The Labute approximate surface area is 171 Å². The van der Waals surface area contributed by atoms with E-state index in [9.17, 15) is 9.59 Å². The minimum Gasteiger partial charge on any atom is -0.425 e. The van der Waals surface area contributed by atoms with E-state index in [-0.39, 0.29) is 24.3 Å². The molecule has 0 aliphatic heterocycles. The number of aromatic nitrogens is 3. The first kappa shape index (κ1) is 18.8. The fourth-order valence-corrected chi connectivity index (χ4v) is 3.15. The van der Waals surface area contributed by atoms with Crippen molar-refractivity contribution in [1.29, 1.82) is 0 Å². The molecule has 6 nitrogen and oxygen atoms in total. The summed E-state index contributed by atoms with van der Waals surface area (Å²) in [6.07, 6.45) is -0.0380. The number of rotatable bonds is 5. The Morgan fingerprint density at radius 1 is 0.966 bits per heavy atom.